The Kier molecular flexibility index (Phi) is 6.41. The van der Waals surface area contributed by atoms with Crippen molar-refractivity contribution in [3.8, 4) is 22.7 Å². The van der Waals surface area contributed by atoms with Gasteiger partial charge in [0, 0.05) is 54.5 Å². The summed E-state index contributed by atoms with van der Waals surface area (Å²) in [6.45, 7) is 0. The van der Waals surface area contributed by atoms with Crippen molar-refractivity contribution in [2.24, 2.45) is 0 Å². The fraction of sp³-hybridized carbons (Fsp3) is 0. The predicted octanol–water partition coefficient (Wildman–Crippen LogP) is 14.1. The molecule has 0 amide bonds. The molecule has 0 atom stereocenters. The van der Waals surface area contributed by atoms with Gasteiger partial charge in [0.2, 0.25) is 0 Å². The van der Waals surface area contributed by atoms with E-state index in [4.69, 9.17) is 0 Å². The van der Waals surface area contributed by atoms with E-state index in [0.29, 0.717) is 0 Å². The lowest BCUT2D eigenvalue weighted by Crippen LogP contribution is -2.00. The maximum atomic E-state index is 2.56. The van der Waals surface area contributed by atoms with E-state index in [-0.39, 0.29) is 0 Å². The maximum absolute atomic E-state index is 2.56. The van der Waals surface area contributed by atoms with E-state index in [1.54, 1.807) is 0 Å². The highest BCUT2D eigenvalue weighted by Gasteiger charge is 2.25. The molecule has 9 aromatic carbocycles. The fourth-order valence-corrected chi connectivity index (χ4v) is 10.1. The second-order valence-corrected chi connectivity index (χ2v) is 15.3. The standard InChI is InChI=1S/C54H34N4/c1-3-17-35(18-4-1)55-45-27-13-9-23-41(45)51-47(55)29-15-31-49(51)57-43-25-11-7-21-37(43)39-33-34-40-38-22-8-12-26-44(38)58(54(40)53(39)57)50-32-16-30-48-52(50)42-24-10-14-28-46(42)56(48)36-19-5-2-6-20-36/h1-34H. The lowest BCUT2D eigenvalue weighted by molar-refractivity contribution is 1.15. The summed E-state index contributed by atoms with van der Waals surface area (Å²) in [7, 11) is 0. The zero-order valence-electron chi connectivity index (χ0n) is 31.4. The third kappa shape index (κ3) is 4.13. The van der Waals surface area contributed by atoms with Gasteiger partial charge in [-0.2, -0.15) is 0 Å². The molecule has 0 radical (unpaired) electrons. The third-order valence-electron chi connectivity index (χ3n) is 12.3. The van der Waals surface area contributed by atoms with Crippen LogP contribution in [0, 0.1) is 0 Å². The van der Waals surface area contributed by atoms with Crippen LogP contribution in [0.3, 0.4) is 0 Å². The van der Waals surface area contributed by atoms with Gasteiger partial charge in [-0.25, -0.2) is 0 Å². The highest BCUT2D eigenvalue weighted by molar-refractivity contribution is 6.26. The summed E-state index contributed by atoms with van der Waals surface area (Å²) in [5.41, 5.74) is 14.1. The molecule has 0 aliphatic rings. The molecule has 58 heavy (non-hydrogen) atoms. The van der Waals surface area contributed by atoms with Crippen LogP contribution < -0.4 is 0 Å². The molecule has 13 rings (SSSR count). The molecular weight excluding hydrogens is 705 g/mol. The molecular formula is C54H34N4. The van der Waals surface area contributed by atoms with Gasteiger partial charge >= 0.3 is 0 Å². The summed E-state index contributed by atoms with van der Waals surface area (Å²) in [5.74, 6) is 0. The van der Waals surface area contributed by atoms with Crippen LogP contribution in [0.4, 0.5) is 0 Å². The van der Waals surface area contributed by atoms with E-state index >= 15 is 0 Å². The van der Waals surface area contributed by atoms with Crippen molar-refractivity contribution in [2.75, 3.05) is 0 Å². The van der Waals surface area contributed by atoms with Crippen LogP contribution in [0.1, 0.15) is 0 Å². The van der Waals surface area contributed by atoms with Gasteiger partial charge in [-0.15, -0.1) is 0 Å². The van der Waals surface area contributed by atoms with Gasteiger partial charge in [-0.3, -0.25) is 0 Å². The molecule has 0 saturated carbocycles. The number of hydrogen-bond acceptors (Lipinski definition) is 0. The molecule has 0 fully saturated rings. The molecule has 0 aliphatic carbocycles. The Balaban J connectivity index is 1.24. The number of benzene rings is 9. The van der Waals surface area contributed by atoms with Crippen molar-refractivity contribution < 1.29 is 0 Å². The van der Waals surface area contributed by atoms with E-state index in [1.165, 1.54) is 87.2 Å². The molecule has 0 spiro atoms. The quantitative estimate of drug-likeness (QED) is 0.171. The zero-order chi connectivity index (χ0) is 37.9. The predicted molar refractivity (Wildman–Crippen MR) is 244 cm³/mol. The minimum atomic E-state index is 1.15. The van der Waals surface area contributed by atoms with Gasteiger partial charge in [-0.05, 0) is 72.8 Å². The van der Waals surface area contributed by atoms with Gasteiger partial charge in [0.15, 0.2) is 0 Å². The molecule has 0 bridgehead atoms. The summed E-state index contributed by atoms with van der Waals surface area (Å²) in [6, 6.07) is 75.4. The molecule has 13 aromatic rings. The zero-order valence-corrected chi connectivity index (χ0v) is 31.4. The largest absolute Gasteiger partial charge is 0.309 e. The van der Waals surface area contributed by atoms with E-state index < -0.39 is 0 Å². The van der Waals surface area contributed by atoms with Crippen LogP contribution in [0.15, 0.2) is 206 Å². The Morgan fingerprint density at radius 3 is 0.948 bits per heavy atom. The van der Waals surface area contributed by atoms with Crippen molar-refractivity contribution in [1.29, 1.82) is 0 Å². The molecule has 0 aliphatic heterocycles. The van der Waals surface area contributed by atoms with Gasteiger partial charge in [0.1, 0.15) is 0 Å². The molecule has 4 aromatic heterocycles. The maximum Gasteiger partial charge on any atom is 0.0789 e. The SMILES string of the molecule is c1ccc(-n2c3ccccc3c3c(-n4c5ccccc5c5ccc6c7ccccc7n(-c7cccc8c7c7ccccc7n8-c7ccccc7)c6c54)cccc32)cc1. The number of hydrogen-bond donors (Lipinski definition) is 0. The monoisotopic (exact) mass is 738 g/mol. The Hall–Kier alpha value is -7.82. The average molecular weight is 739 g/mol. The Morgan fingerprint density at radius 1 is 0.207 bits per heavy atom. The van der Waals surface area contributed by atoms with Crippen molar-refractivity contribution >= 4 is 87.2 Å². The summed E-state index contributed by atoms with van der Waals surface area (Å²) >= 11 is 0. The molecule has 4 heteroatoms. The van der Waals surface area contributed by atoms with Gasteiger partial charge in [-0.1, -0.05) is 133 Å². The first kappa shape index (κ1) is 31.4. The summed E-state index contributed by atoms with van der Waals surface area (Å²) in [4.78, 5) is 0. The Bertz CT molecular complexity index is 3530. The first-order chi connectivity index (χ1) is 28.8. The average Bonchev–Trinajstić information content (AvgIpc) is 4.02. The topological polar surface area (TPSA) is 19.7 Å². The molecule has 270 valence electrons. The normalized spacial score (nSPS) is 12.1. The van der Waals surface area contributed by atoms with Crippen molar-refractivity contribution in [3.63, 3.8) is 0 Å². The number of para-hydroxylation sites is 6. The highest BCUT2D eigenvalue weighted by atomic mass is 15.1. The van der Waals surface area contributed by atoms with Crippen LogP contribution in [0.25, 0.3) is 110 Å². The van der Waals surface area contributed by atoms with Gasteiger partial charge in [0.25, 0.3) is 0 Å². The second kappa shape index (κ2) is 11.8. The second-order valence-electron chi connectivity index (χ2n) is 15.3. The van der Waals surface area contributed by atoms with Gasteiger partial charge in [0.05, 0.1) is 55.5 Å². The van der Waals surface area contributed by atoms with E-state index in [1.807, 2.05) is 0 Å². The van der Waals surface area contributed by atoms with Crippen LogP contribution in [-0.2, 0) is 0 Å². The fourth-order valence-electron chi connectivity index (χ4n) is 10.1. The lowest BCUT2D eigenvalue weighted by atomic mass is 10.1. The van der Waals surface area contributed by atoms with Crippen LogP contribution in [0.2, 0.25) is 0 Å². The molecule has 4 heterocycles. The summed E-state index contributed by atoms with van der Waals surface area (Å²) < 4.78 is 9.94. The van der Waals surface area contributed by atoms with Crippen LogP contribution in [-0.4, -0.2) is 18.3 Å². The first-order valence-corrected chi connectivity index (χ1v) is 20.0. The minimum absolute atomic E-state index is 1.15. The summed E-state index contributed by atoms with van der Waals surface area (Å²) in [6.07, 6.45) is 0. The number of fused-ring (bicyclic) bond motifs is 13. The Labute approximate surface area is 333 Å². The molecule has 4 nitrogen and oxygen atoms in total. The number of nitrogens with zero attached hydrogens (tertiary/aromatic N) is 4. The van der Waals surface area contributed by atoms with Gasteiger partial charge < -0.3 is 18.3 Å². The number of aromatic nitrogens is 4. The van der Waals surface area contributed by atoms with Crippen LogP contribution >= 0.6 is 0 Å². The smallest absolute Gasteiger partial charge is 0.0789 e. The first-order valence-electron chi connectivity index (χ1n) is 20.0. The van der Waals surface area contributed by atoms with E-state index in [2.05, 4.69) is 225 Å². The van der Waals surface area contributed by atoms with Crippen LogP contribution in [0.5, 0.6) is 0 Å². The highest BCUT2D eigenvalue weighted by Crippen LogP contribution is 2.46. The third-order valence-corrected chi connectivity index (χ3v) is 12.3. The lowest BCUT2D eigenvalue weighted by Gasteiger charge is -2.15. The van der Waals surface area contributed by atoms with Crippen molar-refractivity contribution in [2.45, 2.75) is 0 Å². The Morgan fingerprint density at radius 2 is 0.534 bits per heavy atom. The molecule has 0 saturated heterocycles. The number of rotatable bonds is 4. The molecule has 0 N–H and O–H groups in total. The summed E-state index contributed by atoms with van der Waals surface area (Å²) in [5, 5.41) is 9.86. The van der Waals surface area contributed by atoms with Crippen molar-refractivity contribution in [3.05, 3.63) is 206 Å². The van der Waals surface area contributed by atoms with E-state index in [9.17, 15) is 0 Å². The minimum Gasteiger partial charge on any atom is -0.309 e. The molecule has 0 unspecified atom stereocenters. The van der Waals surface area contributed by atoms with E-state index in [0.717, 1.165) is 22.7 Å². The van der Waals surface area contributed by atoms with Crippen molar-refractivity contribution in [1.82, 2.24) is 18.3 Å².